The number of carbonyl (C=O) groups excluding carboxylic acids is 3. The number of carbonyl (C=O) groups is 5. The van der Waals surface area contributed by atoms with Crippen LogP contribution in [0.2, 0.25) is 0 Å². The zero-order valence-corrected chi connectivity index (χ0v) is 8.41. The third kappa shape index (κ3) is 5.99. The number of carboxylic acids is 2. The molecule has 0 spiro atoms. The molecule has 0 saturated heterocycles. The summed E-state index contributed by atoms with van der Waals surface area (Å²) < 4.78 is 3.99. The van der Waals surface area contributed by atoms with Crippen LogP contribution in [0.1, 0.15) is 12.8 Å². The van der Waals surface area contributed by atoms with E-state index in [9.17, 15) is 24.0 Å². The predicted molar refractivity (Wildman–Crippen MR) is 48.6 cm³/mol. The van der Waals surface area contributed by atoms with Gasteiger partial charge in [0, 0.05) is 0 Å². The molecule has 9 nitrogen and oxygen atoms in total. The molecule has 17 heavy (non-hydrogen) atoms. The number of carboxylic acid groups (broad SMARTS) is 2. The van der Waals surface area contributed by atoms with Crippen molar-refractivity contribution in [2.45, 2.75) is 18.9 Å². The first-order valence-corrected chi connectivity index (χ1v) is 4.22. The molecule has 0 unspecified atom stereocenters. The molecule has 94 valence electrons. The van der Waals surface area contributed by atoms with E-state index in [2.05, 4.69) is 4.74 Å². The summed E-state index contributed by atoms with van der Waals surface area (Å²) >= 11 is 0. The Kier molecular flexibility index (Phi) is 5.47. The highest BCUT2D eigenvalue weighted by Gasteiger charge is 2.22. The third-order valence-corrected chi connectivity index (χ3v) is 1.47. The van der Waals surface area contributed by atoms with Crippen molar-refractivity contribution in [3.05, 3.63) is 0 Å². The van der Waals surface area contributed by atoms with Crippen molar-refractivity contribution in [2.24, 2.45) is 5.73 Å². The fraction of sp³-hybridized carbons (Fsp3) is 0.375. The Morgan fingerprint density at radius 1 is 1.06 bits per heavy atom. The minimum absolute atomic E-state index is 0.762. The number of ether oxygens (including phenoxy) is 1. The molecule has 0 aliphatic heterocycles. The van der Waals surface area contributed by atoms with Crippen LogP contribution in [-0.4, -0.2) is 45.9 Å². The van der Waals surface area contributed by atoms with Gasteiger partial charge in [0.15, 0.2) is 0 Å². The molecule has 1 atom stereocenters. The number of esters is 2. The Morgan fingerprint density at radius 2 is 1.59 bits per heavy atom. The van der Waals surface area contributed by atoms with Gasteiger partial charge >= 0.3 is 23.9 Å². The maximum absolute atomic E-state index is 10.9. The van der Waals surface area contributed by atoms with Crippen LogP contribution >= 0.6 is 0 Å². The van der Waals surface area contributed by atoms with Crippen LogP contribution in [0, 0.1) is 0 Å². The van der Waals surface area contributed by atoms with E-state index in [0.717, 1.165) is 0 Å². The summed E-state index contributed by atoms with van der Waals surface area (Å²) in [5.74, 6) is -7.36. The Bertz CT molecular complexity index is 374. The van der Waals surface area contributed by atoms with Crippen molar-refractivity contribution < 1.29 is 38.9 Å². The summed E-state index contributed by atoms with van der Waals surface area (Å²) in [5.41, 5.74) is 4.97. The van der Waals surface area contributed by atoms with E-state index in [1.165, 1.54) is 0 Å². The second-order valence-corrected chi connectivity index (χ2v) is 2.90. The van der Waals surface area contributed by atoms with Crippen LogP contribution in [0.5, 0.6) is 0 Å². The maximum atomic E-state index is 10.9. The zero-order valence-electron chi connectivity index (χ0n) is 8.41. The smallest absolute Gasteiger partial charge is 0.372 e. The van der Waals surface area contributed by atoms with Crippen LogP contribution in [0.15, 0.2) is 0 Å². The average Bonchev–Trinajstić information content (AvgIpc) is 2.16. The number of rotatable bonds is 6. The number of aliphatic carboxylic acids is 2. The fourth-order valence-electron chi connectivity index (χ4n) is 0.678. The molecule has 0 amide bonds. The SMILES string of the molecule is N[C@@H](CC(=O)OC(=O)CC(=O)C(=O)O)C(=O)O. The molecule has 4 N–H and O–H groups in total. The van der Waals surface area contributed by atoms with Crippen LogP contribution in [-0.2, 0) is 28.7 Å². The van der Waals surface area contributed by atoms with E-state index in [1.807, 2.05) is 0 Å². The molecule has 0 aromatic heterocycles. The lowest BCUT2D eigenvalue weighted by molar-refractivity contribution is -0.163. The predicted octanol–water partition coefficient (Wildman–Crippen LogP) is -2.10. The van der Waals surface area contributed by atoms with Gasteiger partial charge in [0.2, 0.25) is 0 Å². The molecular weight excluding hydrogens is 238 g/mol. The normalized spacial score (nSPS) is 11.4. The molecule has 0 rings (SSSR count). The number of Topliss-reactive ketones (excluding diaryl/α,β-unsaturated/α-hetero) is 1. The van der Waals surface area contributed by atoms with E-state index < -0.39 is 48.5 Å². The molecule has 0 fully saturated rings. The summed E-state index contributed by atoms with van der Waals surface area (Å²) in [6.45, 7) is 0. The standard InChI is InChI=1S/C8H9NO8/c9-3(7(13)14)1-5(11)17-6(12)2-4(10)8(15)16/h3H,1-2,9H2,(H,13,14)(H,15,16)/t3-/m0/s1. The van der Waals surface area contributed by atoms with Gasteiger partial charge in [-0.05, 0) is 0 Å². The van der Waals surface area contributed by atoms with Gasteiger partial charge in [0.25, 0.3) is 5.78 Å². The topological polar surface area (TPSA) is 161 Å². The van der Waals surface area contributed by atoms with Gasteiger partial charge in [-0.1, -0.05) is 0 Å². The monoisotopic (exact) mass is 247 g/mol. The Balaban J connectivity index is 4.13. The molecule has 0 saturated carbocycles. The van der Waals surface area contributed by atoms with Crippen molar-refractivity contribution in [3.8, 4) is 0 Å². The van der Waals surface area contributed by atoms with Gasteiger partial charge in [-0.25, -0.2) is 4.79 Å². The summed E-state index contributed by atoms with van der Waals surface area (Å²) in [6.07, 6.45) is -1.87. The first-order chi connectivity index (χ1) is 7.73. The molecule has 9 heteroatoms. The Morgan fingerprint density at radius 3 is 2.00 bits per heavy atom. The molecule has 0 radical (unpaired) electrons. The van der Waals surface area contributed by atoms with Crippen molar-refractivity contribution in [3.63, 3.8) is 0 Å². The highest BCUT2D eigenvalue weighted by molar-refractivity contribution is 6.36. The Labute approximate surface area is 94.1 Å². The van der Waals surface area contributed by atoms with Gasteiger partial charge < -0.3 is 20.7 Å². The first-order valence-electron chi connectivity index (χ1n) is 4.22. The van der Waals surface area contributed by atoms with Gasteiger partial charge in [-0.2, -0.15) is 0 Å². The summed E-state index contributed by atoms with van der Waals surface area (Å²) in [7, 11) is 0. The van der Waals surface area contributed by atoms with Crippen molar-refractivity contribution in [2.75, 3.05) is 0 Å². The number of nitrogens with two attached hydrogens (primary N) is 1. The van der Waals surface area contributed by atoms with Crippen molar-refractivity contribution in [1.29, 1.82) is 0 Å². The second kappa shape index (κ2) is 6.33. The van der Waals surface area contributed by atoms with Gasteiger partial charge in [-0.15, -0.1) is 0 Å². The fourth-order valence-corrected chi connectivity index (χ4v) is 0.678. The average molecular weight is 247 g/mol. The Hall–Kier alpha value is -2.29. The maximum Gasteiger partial charge on any atom is 0.372 e. The lowest BCUT2D eigenvalue weighted by atomic mass is 10.2. The van der Waals surface area contributed by atoms with Gasteiger partial charge in [0.1, 0.15) is 12.5 Å². The molecule has 0 aromatic rings. The summed E-state index contributed by atoms with van der Waals surface area (Å²) in [5, 5.41) is 16.5. The number of ketones is 1. The highest BCUT2D eigenvalue weighted by Crippen LogP contribution is 1.96. The quantitative estimate of drug-likeness (QED) is 0.271. The summed E-state index contributed by atoms with van der Waals surface area (Å²) in [4.78, 5) is 52.5. The summed E-state index contributed by atoms with van der Waals surface area (Å²) in [6, 6.07) is -1.54. The zero-order chi connectivity index (χ0) is 13.6. The van der Waals surface area contributed by atoms with Gasteiger partial charge in [-0.3, -0.25) is 19.2 Å². The van der Waals surface area contributed by atoms with Gasteiger partial charge in [0.05, 0.1) is 6.42 Å². The lowest BCUT2D eigenvalue weighted by Crippen LogP contribution is -2.34. The van der Waals surface area contributed by atoms with Crippen LogP contribution in [0.4, 0.5) is 0 Å². The molecule has 0 bridgehead atoms. The van der Waals surface area contributed by atoms with Crippen molar-refractivity contribution >= 4 is 29.7 Å². The van der Waals surface area contributed by atoms with Crippen molar-refractivity contribution in [1.82, 2.24) is 0 Å². The highest BCUT2D eigenvalue weighted by atomic mass is 16.6. The molecular formula is C8H9NO8. The second-order valence-electron chi connectivity index (χ2n) is 2.90. The van der Waals surface area contributed by atoms with E-state index >= 15 is 0 Å². The largest absolute Gasteiger partial charge is 0.480 e. The molecule has 0 aliphatic carbocycles. The lowest BCUT2D eigenvalue weighted by Gasteiger charge is -2.04. The first kappa shape index (κ1) is 14.7. The number of hydrogen-bond acceptors (Lipinski definition) is 7. The molecule has 0 aliphatic rings. The molecule has 0 aromatic carbocycles. The van der Waals surface area contributed by atoms with Crippen LogP contribution < -0.4 is 5.73 Å². The minimum Gasteiger partial charge on any atom is -0.480 e. The van der Waals surface area contributed by atoms with E-state index in [0.29, 0.717) is 0 Å². The molecule has 0 heterocycles. The van der Waals surface area contributed by atoms with E-state index in [1.54, 1.807) is 0 Å². The van der Waals surface area contributed by atoms with E-state index in [4.69, 9.17) is 15.9 Å². The number of hydrogen-bond donors (Lipinski definition) is 3. The van der Waals surface area contributed by atoms with Crippen LogP contribution in [0.3, 0.4) is 0 Å². The third-order valence-electron chi connectivity index (χ3n) is 1.47. The van der Waals surface area contributed by atoms with E-state index in [-0.39, 0.29) is 0 Å². The minimum atomic E-state index is -1.84. The van der Waals surface area contributed by atoms with Crippen LogP contribution in [0.25, 0.3) is 0 Å².